The molecule has 1 aliphatic carbocycles. The lowest BCUT2D eigenvalue weighted by molar-refractivity contribution is 0.0696. The highest BCUT2D eigenvalue weighted by Crippen LogP contribution is 2.51. The van der Waals surface area contributed by atoms with Crippen molar-refractivity contribution in [2.24, 2.45) is 5.92 Å². The smallest absolute Gasteiger partial charge is 0.335 e. The minimum absolute atomic E-state index is 0.142. The Hall–Kier alpha value is -1.78. The van der Waals surface area contributed by atoms with Crippen LogP contribution in [0.2, 0.25) is 5.02 Å². The largest absolute Gasteiger partial charge is 0.478 e. The Bertz CT molecular complexity index is 864. The maximum absolute atomic E-state index is 11.4. The van der Waals surface area contributed by atoms with Crippen LogP contribution in [0.15, 0.2) is 53.0 Å². The molecule has 3 atom stereocenters. The van der Waals surface area contributed by atoms with Crippen molar-refractivity contribution < 1.29 is 9.90 Å². The van der Waals surface area contributed by atoms with Crippen LogP contribution in [-0.2, 0) is 0 Å². The van der Waals surface area contributed by atoms with Gasteiger partial charge in [0, 0.05) is 10.4 Å². The van der Waals surface area contributed by atoms with Gasteiger partial charge in [-0.05, 0) is 47.7 Å². The first kappa shape index (κ1) is 15.7. The lowest BCUT2D eigenvalue weighted by Crippen LogP contribution is -2.29. The number of hydrogen-bond acceptors (Lipinski definition) is 2. The van der Waals surface area contributed by atoms with Gasteiger partial charge in [-0.2, -0.15) is 0 Å². The van der Waals surface area contributed by atoms with Gasteiger partial charge in [0.1, 0.15) is 0 Å². The van der Waals surface area contributed by atoms with Crippen LogP contribution < -0.4 is 5.32 Å². The Labute approximate surface area is 153 Å². The fourth-order valence-electron chi connectivity index (χ4n) is 3.81. The SMILES string of the molecule is O=C(O)c1cc(Cl)c2c(c1)[C@@H]1C=CC[C@@H]1[C@@H](c1cccc(Br)c1)N2. The molecular formula is C19H15BrClNO2. The number of hydrogen-bond donors (Lipinski definition) is 2. The molecule has 0 spiro atoms. The average Bonchev–Trinajstić information content (AvgIpc) is 3.04. The van der Waals surface area contributed by atoms with E-state index in [9.17, 15) is 9.90 Å². The summed E-state index contributed by atoms with van der Waals surface area (Å²) in [5.74, 6) is -0.415. The van der Waals surface area contributed by atoms with Gasteiger partial charge in [0.2, 0.25) is 0 Å². The first-order chi connectivity index (χ1) is 11.5. The third kappa shape index (κ3) is 2.54. The summed E-state index contributed by atoms with van der Waals surface area (Å²) >= 11 is 9.94. The fourth-order valence-corrected chi connectivity index (χ4v) is 4.51. The molecule has 0 radical (unpaired) electrons. The molecule has 0 bridgehead atoms. The van der Waals surface area contributed by atoms with E-state index in [1.165, 1.54) is 11.6 Å². The summed E-state index contributed by atoms with van der Waals surface area (Å²) in [5, 5.41) is 13.3. The Morgan fingerprint density at radius 2 is 2.12 bits per heavy atom. The van der Waals surface area contributed by atoms with Crippen LogP contribution in [0.25, 0.3) is 0 Å². The van der Waals surface area contributed by atoms with Gasteiger partial charge in [-0.1, -0.05) is 51.8 Å². The van der Waals surface area contributed by atoms with E-state index in [2.05, 4.69) is 45.5 Å². The van der Waals surface area contributed by atoms with Gasteiger partial charge in [-0.3, -0.25) is 0 Å². The summed E-state index contributed by atoms with van der Waals surface area (Å²) < 4.78 is 1.04. The normalized spacial score (nSPS) is 24.2. The van der Waals surface area contributed by atoms with E-state index in [0.717, 1.165) is 22.1 Å². The monoisotopic (exact) mass is 403 g/mol. The molecule has 2 aromatic rings. The Balaban J connectivity index is 1.83. The molecular weight excluding hydrogens is 390 g/mol. The van der Waals surface area contributed by atoms with Gasteiger partial charge >= 0.3 is 5.97 Å². The van der Waals surface area contributed by atoms with Crippen LogP contribution in [0.1, 0.15) is 39.9 Å². The minimum Gasteiger partial charge on any atom is -0.478 e. The molecule has 0 saturated heterocycles. The minimum atomic E-state index is -0.952. The van der Waals surface area contributed by atoms with Gasteiger partial charge in [-0.15, -0.1) is 0 Å². The lowest BCUT2D eigenvalue weighted by Gasteiger charge is -2.38. The fraction of sp³-hybridized carbons (Fsp3) is 0.211. The van der Waals surface area contributed by atoms with Gasteiger partial charge in [0.05, 0.1) is 22.3 Å². The number of rotatable bonds is 2. The van der Waals surface area contributed by atoms with Gasteiger partial charge in [0.15, 0.2) is 0 Å². The van der Waals surface area contributed by atoms with Crippen LogP contribution in [0.3, 0.4) is 0 Å². The summed E-state index contributed by atoms with van der Waals surface area (Å²) in [7, 11) is 0. The molecule has 2 aromatic carbocycles. The van der Waals surface area contributed by atoms with E-state index in [-0.39, 0.29) is 17.5 Å². The molecule has 1 aliphatic heterocycles. The van der Waals surface area contributed by atoms with Gasteiger partial charge < -0.3 is 10.4 Å². The second-order valence-corrected chi connectivity index (χ2v) is 7.58. The first-order valence-corrected chi connectivity index (χ1v) is 8.97. The van der Waals surface area contributed by atoms with E-state index < -0.39 is 5.97 Å². The molecule has 1 heterocycles. The van der Waals surface area contributed by atoms with Crippen LogP contribution in [0, 0.1) is 5.92 Å². The van der Waals surface area contributed by atoms with E-state index in [1.54, 1.807) is 6.07 Å². The van der Waals surface area contributed by atoms with Crippen molar-refractivity contribution in [3.63, 3.8) is 0 Å². The summed E-state index contributed by atoms with van der Waals surface area (Å²) in [6.45, 7) is 0. The summed E-state index contributed by atoms with van der Waals surface area (Å²) in [5.41, 5.74) is 3.26. The van der Waals surface area contributed by atoms with Crippen molar-refractivity contribution in [3.05, 3.63) is 74.7 Å². The van der Waals surface area contributed by atoms with Crippen molar-refractivity contribution in [2.45, 2.75) is 18.4 Å². The molecule has 2 aliphatic rings. The van der Waals surface area contributed by atoms with Crippen molar-refractivity contribution in [3.8, 4) is 0 Å². The number of carboxylic acids is 1. The maximum atomic E-state index is 11.4. The second-order valence-electron chi connectivity index (χ2n) is 6.26. The van der Waals surface area contributed by atoms with Gasteiger partial charge in [0.25, 0.3) is 0 Å². The molecule has 0 aromatic heterocycles. The lowest BCUT2D eigenvalue weighted by atomic mass is 9.76. The predicted molar refractivity (Wildman–Crippen MR) is 98.9 cm³/mol. The highest BCUT2D eigenvalue weighted by Gasteiger charge is 2.39. The van der Waals surface area contributed by atoms with Crippen molar-refractivity contribution in [1.82, 2.24) is 0 Å². The second kappa shape index (κ2) is 5.94. The number of carboxylic acid groups (broad SMARTS) is 1. The molecule has 2 N–H and O–H groups in total. The zero-order valence-electron chi connectivity index (χ0n) is 12.7. The standard InChI is InChI=1S/C19H15BrClNO2/c20-12-4-1-3-10(7-12)17-14-6-2-5-13(14)15-8-11(19(23)24)9-16(21)18(15)22-17/h1-5,7-9,13-14,17,22H,6H2,(H,23,24)/t13-,14+,17-/m1/s1. The summed E-state index contributed by atoms with van der Waals surface area (Å²) in [4.78, 5) is 11.4. The van der Waals surface area contributed by atoms with Gasteiger partial charge in [-0.25, -0.2) is 4.79 Å². The number of allylic oxidation sites excluding steroid dienone is 2. The van der Waals surface area contributed by atoms with E-state index in [1.807, 2.05) is 12.1 Å². The maximum Gasteiger partial charge on any atom is 0.335 e. The Morgan fingerprint density at radius 1 is 1.29 bits per heavy atom. The molecule has 0 saturated carbocycles. The van der Waals surface area contributed by atoms with E-state index in [0.29, 0.717) is 10.9 Å². The number of carbonyl (C=O) groups is 1. The third-order valence-electron chi connectivity index (χ3n) is 4.88. The molecule has 122 valence electrons. The topological polar surface area (TPSA) is 49.3 Å². The Morgan fingerprint density at radius 3 is 2.88 bits per heavy atom. The molecule has 5 heteroatoms. The molecule has 0 fully saturated rings. The highest BCUT2D eigenvalue weighted by atomic mass is 79.9. The number of anilines is 1. The molecule has 0 unspecified atom stereocenters. The van der Waals surface area contributed by atoms with Crippen molar-refractivity contribution in [1.29, 1.82) is 0 Å². The van der Waals surface area contributed by atoms with Crippen LogP contribution in [-0.4, -0.2) is 11.1 Å². The highest BCUT2D eigenvalue weighted by molar-refractivity contribution is 9.10. The van der Waals surface area contributed by atoms with E-state index in [4.69, 9.17) is 11.6 Å². The third-order valence-corrected chi connectivity index (χ3v) is 5.67. The Kier molecular flexibility index (Phi) is 3.89. The average molecular weight is 405 g/mol. The van der Waals surface area contributed by atoms with Crippen LogP contribution in [0.4, 0.5) is 5.69 Å². The number of benzene rings is 2. The molecule has 4 rings (SSSR count). The van der Waals surface area contributed by atoms with Crippen LogP contribution in [0.5, 0.6) is 0 Å². The molecule has 24 heavy (non-hydrogen) atoms. The first-order valence-electron chi connectivity index (χ1n) is 7.80. The zero-order chi connectivity index (χ0) is 16.8. The molecule has 3 nitrogen and oxygen atoms in total. The van der Waals surface area contributed by atoms with Crippen LogP contribution >= 0.6 is 27.5 Å². The summed E-state index contributed by atoms with van der Waals surface area (Å²) in [6, 6.07) is 11.7. The van der Waals surface area contributed by atoms with E-state index >= 15 is 0 Å². The quantitative estimate of drug-likeness (QED) is 0.638. The number of fused-ring (bicyclic) bond motifs is 3. The molecule has 0 amide bonds. The predicted octanol–water partition coefficient (Wildman–Crippen LogP) is 5.63. The zero-order valence-corrected chi connectivity index (χ0v) is 15.0. The summed E-state index contributed by atoms with van der Waals surface area (Å²) in [6.07, 6.45) is 5.32. The van der Waals surface area contributed by atoms with Crippen molar-refractivity contribution >= 4 is 39.2 Å². The number of halogens is 2. The van der Waals surface area contributed by atoms with Crippen molar-refractivity contribution in [2.75, 3.05) is 5.32 Å². The number of aromatic carboxylic acids is 1. The number of nitrogens with one attached hydrogen (secondary N) is 1.